The third-order valence-electron chi connectivity index (χ3n) is 2.93. The molecule has 0 aliphatic heterocycles. The first-order valence-electron chi connectivity index (χ1n) is 6.30. The fraction of sp³-hybridized carbons (Fsp3) is 0.231. The van der Waals surface area contributed by atoms with Crippen LogP contribution < -0.4 is 4.72 Å². The van der Waals surface area contributed by atoms with Crippen LogP contribution in [0.4, 0.5) is 5.69 Å². The lowest BCUT2D eigenvalue weighted by Crippen LogP contribution is -2.13. The molecule has 0 saturated carbocycles. The Balaban J connectivity index is 2.28. The Morgan fingerprint density at radius 3 is 2.86 bits per heavy atom. The molecule has 2 aromatic rings. The lowest BCUT2D eigenvalue weighted by molar-refractivity contribution is 0.319. The molecule has 0 saturated heterocycles. The number of anilines is 1. The quantitative estimate of drug-likeness (QED) is 0.501. The highest BCUT2D eigenvalue weighted by molar-refractivity contribution is 7.92. The van der Waals surface area contributed by atoms with Gasteiger partial charge in [-0.05, 0) is 26.0 Å². The highest BCUT2D eigenvalue weighted by Crippen LogP contribution is 2.16. The molecule has 0 aliphatic rings. The average Bonchev–Trinajstić information content (AvgIpc) is 2.96. The minimum absolute atomic E-state index is 0.0395. The first-order chi connectivity index (χ1) is 9.96. The molecule has 0 radical (unpaired) electrons. The predicted octanol–water partition coefficient (Wildman–Crippen LogP) is 1.90. The van der Waals surface area contributed by atoms with Crippen molar-refractivity contribution in [2.24, 2.45) is 5.16 Å². The topological polar surface area (TPSA) is 96.6 Å². The van der Waals surface area contributed by atoms with Crippen molar-refractivity contribution in [3.8, 4) is 0 Å². The number of rotatable bonds is 5. The van der Waals surface area contributed by atoms with Crippen LogP contribution in [-0.2, 0) is 16.6 Å². The molecular weight excluding hydrogens is 292 g/mol. The van der Waals surface area contributed by atoms with Crippen molar-refractivity contribution in [2.45, 2.75) is 25.4 Å². The third kappa shape index (κ3) is 3.40. The molecule has 1 aromatic carbocycles. The largest absolute Gasteiger partial charge is 0.411 e. The van der Waals surface area contributed by atoms with Gasteiger partial charge in [-0.1, -0.05) is 17.3 Å². The Morgan fingerprint density at radius 1 is 1.48 bits per heavy atom. The van der Waals surface area contributed by atoms with Crippen LogP contribution in [0.25, 0.3) is 0 Å². The molecule has 21 heavy (non-hydrogen) atoms. The van der Waals surface area contributed by atoms with Gasteiger partial charge in [-0.2, -0.15) is 8.42 Å². The summed E-state index contributed by atoms with van der Waals surface area (Å²) in [6.45, 7) is 4.16. The summed E-state index contributed by atoms with van der Waals surface area (Å²) in [5.41, 5.74) is 1.39. The second-order valence-corrected chi connectivity index (χ2v) is 6.04. The van der Waals surface area contributed by atoms with Gasteiger partial charge in [0, 0.05) is 24.0 Å². The Labute approximate surface area is 123 Å². The van der Waals surface area contributed by atoms with E-state index in [9.17, 15) is 8.42 Å². The van der Waals surface area contributed by atoms with Gasteiger partial charge in [0.25, 0.3) is 10.0 Å². The number of aryl methyl sites for hydroxylation is 1. The van der Waals surface area contributed by atoms with Gasteiger partial charge in [0.05, 0.1) is 12.0 Å². The Morgan fingerprint density at radius 2 is 2.24 bits per heavy atom. The summed E-state index contributed by atoms with van der Waals surface area (Å²) in [5, 5.41) is 11.8. The number of hydrogen-bond acceptors (Lipinski definition) is 5. The molecule has 7 nitrogen and oxygen atoms in total. The smallest absolute Gasteiger partial charge is 0.280 e. The van der Waals surface area contributed by atoms with Gasteiger partial charge >= 0.3 is 0 Å². The lowest BCUT2D eigenvalue weighted by atomic mass is 10.1. The SMILES string of the molecule is CCn1cnc(S(=O)(=O)Nc2cccc(C(C)=NO)c2)c1. The van der Waals surface area contributed by atoms with Crippen molar-refractivity contribution in [3.63, 3.8) is 0 Å². The van der Waals surface area contributed by atoms with Gasteiger partial charge in [0.1, 0.15) is 0 Å². The minimum atomic E-state index is -3.74. The molecule has 0 fully saturated rings. The van der Waals surface area contributed by atoms with Gasteiger partial charge in [-0.15, -0.1) is 0 Å². The van der Waals surface area contributed by atoms with Crippen LogP contribution in [0.3, 0.4) is 0 Å². The van der Waals surface area contributed by atoms with E-state index in [0.29, 0.717) is 23.5 Å². The van der Waals surface area contributed by atoms with Gasteiger partial charge in [0.2, 0.25) is 0 Å². The monoisotopic (exact) mass is 308 g/mol. The molecule has 0 atom stereocenters. The van der Waals surface area contributed by atoms with E-state index < -0.39 is 10.0 Å². The summed E-state index contributed by atoms with van der Waals surface area (Å²) in [6, 6.07) is 6.59. The molecule has 0 unspecified atom stereocenters. The van der Waals surface area contributed by atoms with Crippen molar-refractivity contribution in [3.05, 3.63) is 42.4 Å². The van der Waals surface area contributed by atoms with Crippen molar-refractivity contribution in [1.29, 1.82) is 0 Å². The van der Waals surface area contributed by atoms with Gasteiger partial charge in [-0.3, -0.25) is 4.72 Å². The number of sulfonamides is 1. The van der Waals surface area contributed by atoms with E-state index in [1.54, 1.807) is 35.8 Å². The Hall–Kier alpha value is -2.35. The highest BCUT2D eigenvalue weighted by Gasteiger charge is 2.17. The van der Waals surface area contributed by atoms with Gasteiger partial charge in [0.15, 0.2) is 5.03 Å². The molecule has 1 aromatic heterocycles. The summed E-state index contributed by atoms with van der Waals surface area (Å²) >= 11 is 0. The van der Waals surface area contributed by atoms with E-state index in [1.807, 2.05) is 6.92 Å². The van der Waals surface area contributed by atoms with E-state index >= 15 is 0 Å². The van der Waals surface area contributed by atoms with Crippen LogP contribution in [-0.4, -0.2) is 28.9 Å². The summed E-state index contributed by atoms with van der Waals surface area (Å²) in [5.74, 6) is 0. The number of imidazole rings is 1. The number of aromatic nitrogens is 2. The molecule has 1 heterocycles. The second-order valence-electron chi connectivity index (χ2n) is 4.41. The Bertz CT molecular complexity index is 765. The number of nitrogens with zero attached hydrogens (tertiary/aromatic N) is 3. The summed E-state index contributed by atoms with van der Waals surface area (Å²) < 4.78 is 28.6. The zero-order valence-electron chi connectivity index (χ0n) is 11.7. The average molecular weight is 308 g/mol. The standard InChI is InChI=1S/C13H16N4O3S/c1-3-17-8-13(14-9-17)21(19,20)16-12-6-4-5-11(7-12)10(2)15-18/h4-9,16,18H,3H2,1-2H3. The third-order valence-corrected chi connectivity index (χ3v) is 4.20. The van der Waals surface area contributed by atoms with Crippen molar-refractivity contribution in [2.75, 3.05) is 4.72 Å². The maximum Gasteiger partial charge on any atom is 0.280 e. The van der Waals surface area contributed by atoms with Gasteiger partial charge in [-0.25, -0.2) is 4.98 Å². The zero-order chi connectivity index (χ0) is 15.5. The molecule has 8 heteroatoms. The molecular formula is C13H16N4O3S. The van der Waals surface area contributed by atoms with Crippen LogP contribution in [0.2, 0.25) is 0 Å². The van der Waals surface area contributed by atoms with Crippen LogP contribution in [0.1, 0.15) is 19.4 Å². The number of oxime groups is 1. The van der Waals surface area contributed by atoms with E-state index in [2.05, 4.69) is 14.9 Å². The molecule has 0 spiro atoms. The summed E-state index contributed by atoms with van der Waals surface area (Å²) in [7, 11) is -3.74. The highest BCUT2D eigenvalue weighted by atomic mass is 32.2. The fourth-order valence-electron chi connectivity index (χ4n) is 1.72. The minimum Gasteiger partial charge on any atom is -0.411 e. The Kier molecular flexibility index (Phi) is 4.27. The number of nitrogens with one attached hydrogen (secondary N) is 1. The number of hydrogen-bond donors (Lipinski definition) is 2. The van der Waals surface area contributed by atoms with E-state index in [-0.39, 0.29) is 5.03 Å². The van der Waals surface area contributed by atoms with Crippen LogP contribution in [0, 0.1) is 0 Å². The lowest BCUT2D eigenvalue weighted by Gasteiger charge is -2.07. The maximum absolute atomic E-state index is 12.2. The van der Waals surface area contributed by atoms with E-state index in [4.69, 9.17) is 5.21 Å². The van der Waals surface area contributed by atoms with Crippen LogP contribution in [0.15, 0.2) is 47.0 Å². The molecule has 2 N–H and O–H groups in total. The predicted molar refractivity (Wildman–Crippen MR) is 79.1 cm³/mol. The van der Waals surface area contributed by atoms with Crippen molar-refractivity contribution < 1.29 is 13.6 Å². The molecule has 0 amide bonds. The normalized spacial score (nSPS) is 12.4. The summed E-state index contributed by atoms with van der Waals surface area (Å²) in [4.78, 5) is 3.88. The number of benzene rings is 1. The van der Waals surface area contributed by atoms with E-state index in [1.165, 1.54) is 12.5 Å². The first-order valence-corrected chi connectivity index (χ1v) is 7.78. The van der Waals surface area contributed by atoms with Crippen molar-refractivity contribution >= 4 is 21.4 Å². The molecule has 0 aliphatic carbocycles. The molecule has 2 rings (SSSR count). The van der Waals surface area contributed by atoms with E-state index in [0.717, 1.165) is 0 Å². The summed E-state index contributed by atoms with van der Waals surface area (Å²) in [6.07, 6.45) is 2.93. The van der Waals surface area contributed by atoms with Crippen LogP contribution >= 0.6 is 0 Å². The fourth-order valence-corrected chi connectivity index (χ4v) is 2.73. The second kappa shape index (κ2) is 5.96. The molecule has 0 bridgehead atoms. The maximum atomic E-state index is 12.2. The van der Waals surface area contributed by atoms with Crippen molar-refractivity contribution in [1.82, 2.24) is 9.55 Å². The van der Waals surface area contributed by atoms with Gasteiger partial charge < -0.3 is 9.77 Å². The zero-order valence-corrected chi connectivity index (χ0v) is 12.5. The molecule has 112 valence electrons. The van der Waals surface area contributed by atoms with Crippen LogP contribution in [0.5, 0.6) is 0 Å². The first kappa shape index (κ1) is 15.0.